The number of hydrogen-bond donors (Lipinski definition) is 2. The number of aromatic amines is 1. The molecule has 0 aliphatic carbocycles. The summed E-state index contributed by atoms with van der Waals surface area (Å²) in [5.41, 5.74) is 1.23. The molecule has 9 heteroatoms. The van der Waals surface area contributed by atoms with E-state index in [2.05, 4.69) is 10.3 Å². The fraction of sp³-hybridized carbons (Fsp3) is 0.333. The standard InChI is InChI=1S/C24H29FN4O4/c1-28(2)10-5-11-29(24(31)26-19-8-6-18(25)7-9-19)15-17-12-16-13-21(32-3)22(33-4)14-20(16)27-23(17)30/h6-9,12-14H,5,10-11,15H2,1-4H3,(H,26,31)(H,27,30). The van der Waals surface area contributed by atoms with Gasteiger partial charge in [-0.2, -0.15) is 0 Å². The van der Waals surface area contributed by atoms with Gasteiger partial charge in [0.25, 0.3) is 5.56 Å². The van der Waals surface area contributed by atoms with Crippen molar-refractivity contribution in [3.8, 4) is 11.5 Å². The maximum atomic E-state index is 13.2. The van der Waals surface area contributed by atoms with Crippen LogP contribution in [-0.2, 0) is 6.54 Å². The summed E-state index contributed by atoms with van der Waals surface area (Å²) in [7, 11) is 6.99. The van der Waals surface area contributed by atoms with Gasteiger partial charge < -0.3 is 29.6 Å². The average Bonchev–Trinajstić information content (AvgIpc) is 2.79. The number of carbonyl (C=O) groups is 1. The maximum absolute atomic E-state index is 13.2. The molecule has 1 heterocycles. The van der Waals surface area contributed by atoms with Crippen molar-refractivity contribution in [2.45, 2.75) is 13.0 Å². The van der Waals surface area contributed by atoms with Gasteiger partial charge in [0.1, 0.15) is 5.82 Å². The minimum absolute atomic E-state index is 0.111. The molecule has 0 unspecified atom stereocenters. The number of nitrogens with one attached hydrogen (secondary N) is 2. The first kappa shape index (κ1) is 24.1. The van der Waals surface area contributed by atoms with E-state index in [4.69, 9.17) is 9.47 Å². The molecule has 0 fully saturated rings. The highest BCUT2D eigenvalue weighted by Crippen LogP contribution is 2.31. The Balaban J connectivity index is 1.88. The first-order chi connectivity index (χ1) is 15.8. The Hall–Kier alpha value is -3.59. The van der Waals surface area contributed by atoms with Crippen molar-refractivity contribution in [2.75, 3.05) is 46.7 Å². The number of carbonyl (C=O) groups excluding carboxylic acids is 1. The van der Waals surface area contributed by atoms with Gasteiger partial charge in [-0.3, -0.25) is 4.79 Å². The number of benzene rings is 2. The molecule has 0 atom stereocenters. The Labute approximate surface area is 191 Å². The van der Waals surface area contributed by atoms with Crippen molar-refractivity contribution in [1.82, 2.24) is 14.8 Å². The van der Waals surface area contributed by atoms with Crippen LogP contribution in [0.4, 0.5) is 14.9 Å². The molecule has 0 aliphatic heterocycles. The number of ether oxygens (including phenoxy) is 2. The molecule has 0 radical (unpaired) electrons. The topological polar surface area (TPSA) is 86.9 Å². The lowest BCUT2D eigenvalue weighted by molar-refractivity contribution is 0.205. The lowest BCUT2D eigenvalue weighted by atomic mass is 10.1. The molecule has 2 amide bonds. The molecule has 1 aromatic heterocycles. The Kier molecular flexibility index (Phi) is 7.89. The van der Waals surface area contributed by atoms with Gasteiger partial charge in [-0.05, 0) is 63.5 Å². The van der Waals surface area contributed by atoms with E-state index in [9.17, 15) is 14.0 Å². The molecule has 2 aromatic carbocycles. The number of halogens is 1. The smallest absolute Gasteiger partial charge is 0.322 e. The van der Waals surface area contributed by atoms with Crippen molar-refractivity contribution in [2.24, 2.45) is 0 Å². The number of fused-ring (bicyclic) bond motifs is 1. The van der Waals surface area contributed by atoms with E-state index in [0.717, 1.165) is 18.4 Å². The quantitative estimate of drug-likeness (QED) is 0.513. The molecule has 0 saturated carbocycles. The Bertz CT molecular complexity index is 1160. The monoisotopic (exact) mass is 456 g/mol. The van der Waals surface area contributed by atoms with E-state index >= 15 is 0 Å². The maximum Gasteiger partial charge on any atom is 0.322 e. The predicted molar refractivity (Wildman–Crippen MR) is 127 cm³/mol. The van der Waals surface area contributed by atoms with Crippen LogP contribution in [-0.4, -0.2) is 62.2 Å². The molecule has 0 saturated heterocycles. The van der Waals surface area contributed by atoms with Crippen LogP contribution < -0.4 is 20.3 Å². The zero-order chi connectivity index (χ0) is 24.0. The number of pyridine rings is 1. The first-order valence-corrected chi connectivity index (χ1v) is 10.5. The molecule has 0 bridgehead atoms. The molecule has 8 nitrogen and oxygen atoms in total. The highest BCUT2D eigenvalue weighted by Gasteiger charge is 2.17. The minimum atomic E-state index is -0.384. The minimum Gasteiger partial charge on any atom is -0.493 e. The van der Waals surface area contributed by atoms with Gasteiger partial charge in [0.15, 0.2) is 11.5 Å². The third kappa shape index (κ3) is 6.23. The van der Waals surface area contributed by atoms with Crippen LogP contribution >= 0.6 is 0 Å². The number of urea groups is 1. The van der Waals surface area contributed by atoms with E-state index in [1.807, 2.05) is 19.0 Å². The van der Waals surface area contributed by atoms with E-state index in [0.29, 0.717) is 34.8 Å². The summed E-state index contributed by atoms with van der Waals surface area (Å²) in [5, 5.41) is 3.53. The predicted octanol–water partition coefficient (Wildman–Crippen LogP) is 3.67. The zero-order valence-electron chi connectivity index (χ0n) is 19.3. The summed E-state index contributed by atoms with van der Waals surface area (Å²) < 4.78 is 23.9. The van der Waals surface area contributed by atoms with E-state index in [-0.39, 0.29) is 24.0 Å². The Morgan fingerprint density at radius 2 is 1.70 bits per heavy atom. The summed E-state index contributed by atoms with van der Waals surface area (Å²) in [6.07, 6.45) is 0.723. The van der Waals surface area contributed by atoms with Gasteiger partial charge in [-0.15, -0.1) is 0 Å². The highest BCUT2D eigenvalue weighted by molar-refractivity contribution is 5.89. The zero-order valence-corrected chi connectivity index (χ0v) is 19.3. The molecule has 3 aromatic rings. The number of methoxy groups -OCH3 is 2. The lowest BCUT2D eigenvalue weighted by Gasteiger charge is -2.24. The number of nitrogens with zero attached hydrogens (tertiary/aromatic N) is 2. The first-order valence-electron chi connectivity index (χ1n) is 10.5. The van der Waals surface area contributed by atoms with Crippen molar-refractivity contribution < 1.29 is 18.7 Å². The number of rotatable bonds is 9. The second-order valence-electron chi connectivity index (χ2n) is 7.93. The molecular weight excluding hydrogens is 427 g/mol. The van der Waals surface area contributed by atoms with E-state index in [1.165, 1.54) is 31.4 Å². The highest BCUT2D eigenvalue weighted by atomic mass is 19.1. The summed E-state index contributed by atoms with van der Waals surface area (Å²) >= 11 is 0. The average molecular weight is 457 g/mol. The van der Waals surface area contributed by atoms with Gasteiger partial charge in [-0.1, -0.05) is 0 Å². The molecule has 176 valence electrons. The fourth-order valence-electron chi connectivity index (χ4n) is 3.47. The Morgan fingerprint density at radius 1 is 1.03 bits per heavy atom. The van der Waals surface area contributed by atoms with Crippen LogP contribution in [0, 0.1) is 5.82 Å². The van der Waals surface area contributed by atoms with E-state index in [1.54, 1.807) is 30.2 Å². The van der Waals surface area contributed by atoms with Crippen LogP contribution in [0.1, 0.15) is 12.0 Å². The van der Waals surface area contributed by atoms with Gasteiger partial charge in [0.05, 0.1) is 26.3 Å². The Morgan fingerprint density at radius 3 is 2.33 bits per heavy atom. The fourth-order valence-corrected chi connectivity index (χ4v) is 3.47. The second-order valence-corrected chi connectivity index (χ2v) is 7.93. The van der Waals surface area contributed by atoms with Crippen LogP contribution in [0.3, 0.4) is 0 Å². The molecule has 0 spiro atoms. The van der Waals surface area contributed by atoms with Gasteiger partial charge in [0, 0.05) is 29.2 Å². The summed E-state index contributed by atoms with van der Waals surface area (Å²) in [5.74, 6) is 0.669. The second kappa shape index (κ2) is 10.8. The largest absolute Gasteiger partial charge is 0.493 e. The third-order valence-electron chi connectivity index (χ3n) is 5.20. The number of aromatic nitrogens is 1. The van der Waals surface area contributed by atoms with Crippen molar-refractivity contribution in [3.05, 3.63) is 64.2 Å². The number of hydrogen-bond acceptors (Lipinski definition) is 5. The number of amides is 2. The van der Waals surface area contributed by atoms with Crippen LogP contribution in [0.2, 0.25) is 0 Å². The molecular formula is C24H29FN4O4. The lowest BCUT2D eigenvalue weighted by Crippen LogP contribution is -2.37. The van der Waals surface area contributed by atoms with Crippen molar-refractivity contribution >= 4 is 22.6 Å². The molecule has 3 rings (SSSR count). The van der Waals surface area contributed by atoms with Crippen molar-refractivity contribution in [3.63, 3.8) is 0 Å². The SMILES string of the molecule is COc1cc2cc(CN(CCCN(C)C)C(=O)Nc3ccc(F)cc3)c(=O)[nH]c2cc1OC. The normalized spacial score (nSPS) is 11.0. The summed E-state index contributed by atoms with van der Waals surface area (Å²) in [4.78, 5) is 32.2. The molecule has 33 heavy (non-hydrogen) atoms. The third-order valence-corrected chi connectivity index (χ3v) is 5.20. The van der Waals surface area contributed by atoms with Gasteiger partial charge in [-0.25, -0.2) is 9.18 Å². The van der Waals surface area contributed by atoms with Crippen LogP contribution in [0.15, 0.2) is 47.3 Å². The van der Waals surface area contributed by atoms with Gasteiger partial charge >= 0.3 is 6.03 Å². The van der Waals surface area contributed by atoms with Gasteiger partial charge in [0.2, 0.25) is 0 Å². The number of H-pyrrole nitrogens is 1. The van der Waals surface area contributed by atoms with Crippen LogP contribution in [0.25, 0.3) is 10.9 Å². The summed E-state index contributed by atoms with van der Waals surface area (Å²) in [6, 6.07) is 10.4. The van der Waals surface area contributed by atoms with E-state index < -0.39 is 0 Å². The molecule has 2 N–H and O–H groups in total. The summed E-state index contributed by atoms with van der Waals surface area (Å²) in [6.45, 7) is 1.33. The number of anilines is 1. The van der Waals surface area contributed by atoms with Crippen molar-refractivity contribution in [1.29, 1.82) is 0 Å². The molecule has 0 aliphatic rings. The van der Waals surface area contributed by atoms with Crippen LogP contribution in [0.5, 0.6) is 11.5 Å².